The lowest BCUT2D eigenvalue weighted by Crippen LogP contribution is -2.68. The quantitative estimate of drug-likeness (QED) is 0.107. The smallest absolute Gasteiger partial charge is 0.201 e. The molecule has 0 aromatic heterocycles. The predicted molar refractivity (Wildman–Crippen MR) is 138 cm³/mol. The Morgan fingerprint density at radius 3 is 1.93 bits per heavy atom. The molecular weight excluding hydrogens is 568 g/mol. The van der Waals surface area contributed by atoms with Gasteiger partial charge in [-0.25, -0.2) is 0 Å². The molecule has 19 nitrogen and oxygen atoms in total. The van der Waals surface area contributed by atoms with Crippen molar-refractivity contribution in [1.29, 1.82) is 0 Å². The Labute approximate surface area is 241 Å². The summed E-state index contributed by atoms with van der Waals surface area (Å²) >= 11 is 0. The second kappa shape index (κ2) is 13.7. The maximum absolute atomic E-state index is 11.1. The van der Waals surface area contributed by atoms with E-state index in [1.807, 2.05) is 0 Å². The van der Waals surface area contributed by atoms with E-state index in [0.29, 0.717) is 0 Å². The minimum Gasteiger partial charge on any atom is -0.394 e. The lowest BCUT2D eigenvalue weighted by molar-refractivity contribution is -0.321. The number of aliphatic hydroxyl groups is 7. The van der Waals surface area contributed by atoms with E-state index in [-0.39, 0.29) is 25.9 Å². The molecule has 0 aromatic rings. The maximum atomic E-state index is 11.1. The topological polar surface area (TPSA) is 353 Å². The second-order valence-electron chi connectivity index (χ2n) is 11.4. The number of rotatable bonds is 9. The number of hydrogen-bond donors (Lipinski definition) is 13. The summed E-state index contributed by atoms with van der Waals surface area (Å²) < 4.78 is 34.5. The van der Waals surface area contributed by atoms with Crippen LogP contribution >= 0.6 is 0 Å². The van der Waals surface area contributed by atoms with E-state index in [4.69, 9.17) is 62.8 Å². The molecule has 19 heteroatoms. The van der Waals surface area contributed by atoms with E-state index in [0.717, 1.165) is 0 Å². The number of nitrogens with two attached hydrogens (primary N) is 6. The van der Waals surface area contributed by atoms with Crippen LogP contribution in [0.3, 0.4) is 0 Å². The van der Waals surface area contributed by atoms with E-state index in [1.165, 1.54) is 0 Å². The summed E-state index contributed by atoms with van der Waals surface area (Å²) in [5.41, 5.74) is 33.4. The first-order valence-corrected chi connectivity index (χ1v) is 13.9. The molecule has 1 aliphatic carbocycles. The highest BCUT2D eigenvalue weighted by Crippen LogP contribution is 2.35. The summed E-state index contributed by atoms with van der Waals surface area (Å²) in [6.07, 6.45) is -18.8. The minimum absolute atomic E-state index is 0.0838. The highest BCUT2D eigenvalue weighted by Gasteiger charge is 2.55. The molecule has 18 atom stereocenters. The van der Waals surface area contributed by atoms with E-state index in [9.17, 15) is 35.7 Å². The highest BCUT2D eigenvalue weighted by atomic mass is 16.8. The minimum atomic E-state index is -2.18. The molecule has 0 amide bonds. The normalized spacial score (nSPS) is 53.8. The molecule has 246 valence electrons. The van der Waals surface area contributed by atoms with Gasteiger partial charge in [-0.1, -0.05) is 0 Å². The fraction of sp³-hybridized carbons (Fsp3) is 1.00. The van der Waals surface area contributed by atoms with Gasteiger partial charge in [-0.3, -0.25) is 5.73 Å². The number of hydrogen-bond acceptors (Lipinski definition) is 19. The molecule has 3 heterocycles. The molecule has 0 aromatic carbocycles. The molecule has 3 saturated heterocycles. The van der Waals surface area contributed by atoms with Gasteiger partial charge in [0, 0.05) is 31.6 Å². The number of aliphatic hydroxyl groups excluding tert-OH is 6. The zero-order chi connectivity index (χ0) is 31.1. The fourth-order valence-electron chi connectivity index (χ4n) is 5.75. The molecule has 19 N–H and O–H groups in total. The molecule has 4 aliphatic rings. The van der Waals surface area contributed by atoms with Crippen LogP contribution in [0.4, 0.5) is 0 Å². The van der Waals surface area contributed by atoms with Crippen LogP contribution in [0.15, 0.2) is 0 Å². The molecule has 1 unspecified atom stereocenters. The first-order chi connectivity index (χ1) is 19.7. The molecule has 0 radical (unpaired) electrons. The third-order valence-corrected chi connectivity index (χ3v) is 8.28. The van der Waals surface area contributed by atoms with E-state index in [2.05, 4.69) is 0 Å². The van der Waals surface area contributed by atoms with Crippen molar-refractivity contribution in [3.05, 3.63) is 0 Å². The first kappa shape index (κ1) is 34.1. The van der Waals surface area contributed by atoms with Crippen LogP contribution in [0.1, 0.15) is 12.8 Å². The van der Waals surface area contributed by atoms with Crippen LogP contribution in [0, 0.1) is 0 Å². The molecule has 0 bridgehead atoms. The molecule has 4 rings (SSSR count). The van der Waals surface area contributed by atoms with Crippen molar-refractivity contribution >= 4 is 0 Å². The average molecular weight is 615 g/mol. The molecule has 42 heavy (non-hydrogen) atoms. The third-order valence-electron chi connectivity index (χ3n) is 8.28. The summed E-state index contributed by atoms with van der Waals surface area (Å²) in [4.78, 5) is 0. The zero-order valence-corrected chi connectivity index (χ0v) is 22.9. The number of ether oxygens (including phenoxy) is 6. The second-order valence-corrected chi connectivity index (χ2v) is 11.4. The summed E-state index contributed by atoms with van der Waals surface area (Å²) in [6.45, 7) is -0.944. The van der Waals surface area contributed by atoms with Gasteiger partial charge in [0.1, 0.15) is 48.8 Å². The zero-order valence-electron chi connectivity index (χ0n) is 22.9. The Balaban J connectivity index is 1.50. The van der Waals surface area contributed by atoms with Gasteiger partial charge in [0.05, 0.1) is 31.0 Å². The Morgan fingerprint density at radius 1 is 0.690 bits per heavy atom. The summed E-state index contributed by atoms with van der Waals surface area (Å²) in [6, 6.07) is -2.96. The average Bonchev–Trinajstić information content (AvgIpc) is 3.23. The van der Waals surface area contributed by atoms with Gasteiger partial charge in [-0.05, 0) is 6.42 Å². The van der Waals surface area contributed by atoms with Gasteiger partial charge < -0.3 is 92.8 Å². The molecule has 0 spiro atoms. The van der Waals surface area contributed by atoms with Crippen molar-refractivity contribution in [3.8, 4) is 0 Å². The van der Waals surface area contributed by atoms with Gasteiger partial charge in [0.15, 0.2) is 18.3 Å². The van der Waals surface area contributed by atoms with E-state index < -0.39 is 116 Å². The monoisotopic (exact) mass is 614 g/mol. The lowest BCUT2D eigenvalue weighted by atomic mass is 9.84. The van der Waals surface area contributed by atoms with Gasteiger partial charge in [-0.15, -0.1) is 0 Å². The van der Waals surface area contributed by atoms with Crippen molar-refractivity contribution in [2.24, 2.45) is 34.4 Å². The molecule has 4 fully saturated rings. The van der Waals surface area contributed by atoms with Gasteiger partial charge in [0.2, 0.25) is 6.29 Å². The van der Waals surface area contributed by atoms with Crippen LogP contribution in [-0.2, 0) is 28.4 Å². The van der Waals surface area contributed by atoms with Crippen LogP contribution in [0.5, 0.6) is 0 Å². The van der Waals surface area contributed by atoms with Crippen LogP contribution < -0.4 is 34.4 Å². The van der Waals surface area contributed by atoms with Crippen LogP contribution in [0.2, 0.25) is 0 Å². The molecular formula is C23H46N6O13. The largest absolute Gasteiger partial charge is 0.394 e. The SMILES string of the molecule is NC[C@@H]1O[C@H](O[C@H]2[C@@H](O)[C@H](O[C@@H]3[C@@H](O)[C@H](N)C[C@H](N)[C@H]3O[C@H]3O[C@H](CN)[C@@H](O)[C@H](O)[C@H]3N)O[C@@H]2CO)C(N)(O)C[C@@H]1O. The maximum Gasteiger partial charge on any atom is 0.201 e. The van der Waals surface area contributed by atoms with Crippen molar-refractivity contribution in [2.45, 2.75) is 123 Å². The summed E-state index contributed by atoms with van der Waals surface area (Å²) in [5.74, 6) is 0. The standard InChI is InChI=1S/C23H46N6O13/c24-3-9-8(31)2-23(29,36)22(39-9)42-18-11(5-30)38-21(16(18)35)41-19-13(32)6(26)1-7(27)17(19)40-20-12(28)15(34)14(33)10(4-25)37-20/h6-22,30-36H,1-5,24-29H2/t6-,7+,8+,9+,10-,11-,12-,13+,14-,15-,16-,17-,18-,19-,20-,21+,22-,23?/m1/s1. The molecule has 3 aliphatic heterocycles. The Morgan fingerprint density at radius 2 is 1.31 bits per heavy atom. The van der Waals surface area contributed by atoms with Crippen molar-refractivity contribution in [1.82, 2.24) is 0 Å². The Bertz CT molecular complexity index is 881. The van der Waals surface area contributed by atoms with Crippen LogP contribution in [-0.4, -0.2) is 165 Å². The third kappa shape index (κ3) is 6.74. The lowest BCUT2D eigenvalue weighted by Gasteiger charge is -2.47. The van der Waals surface area contributed by atoms with E-state index >= 15 is 0 Å². The van der Waals surface area contributed by atoms with Crippen molar-refractivity contribution in [3.63, 3.8) is 0 Å². The first-order valence-electron chi connectivity index (χ1n) is 13.9. The van der Waals surface area contributed by atoms with Gasteiger partial charge in [-0.2, -0.15) is 0 Å². The highest BCUT2D eigenvalue weighted by molar-refractivity contribution is 5.02. The summed E-state index contributed by atoms with van der Waals surface area (Å²) in [5, 5.41) is 73.3. The predicted octanol–water partition coefficient (Wildman–Crippen LogP) is -8.55. The van der Waals surface area contributed by atoms with Gasteiger partial charge in [0.25, 0.3) is 0 Å². The fourth-order valence-corrected chi connectivity index (χ4v) is 5.75. The summed E-state index contributed by atoms with van der Waals surface area (Å²) in [7, 11) is 0. The van der Waals surface area contributed by atoms with Crippen molar-refractivity contribution in [2.75, 3.05) is 19.7 Å². The Kier molecular flexibility index (Phi) is 11.1. The van der Waals surface area contributed by atoms with Crippen molar-refractivity contribution < 1.29 is 64.2 Å². The van der Waals surface area contributed by atoms with E-state index in [1.54, 1.807) is 0 Å². The molecule has 1 saturated carbocycles. The van der Waals surface area contributed by atoms with Gasteiger partial charge >= 0.3 is 0 Å². The van der Waals surface area contributed by atoms with Crippen LogP contribution in [0.25, 0.3) is 0 Å². The Hall–Kier alpha value is -0.760.